The van der Waals surface area contributed by atoms with Gasteiger partial charge in [-0.2, -0.15) is 0 Å². The standard InChI is InChI=1S/C29H56O4/c1-3-5-7-9-11-12-13-14-15-16-18-23-27-33-29(31)25-21-19-20-24-28(30)32-26-22-17-10-8-6-4-2/h3-27H2,1-2H3. The molecule has 33 heavy (non-hydrogen) atoms. The fourth-order valence-electron chi connectivity index (χ4n) is 4.06. The molecule has 0 unspecified atom stereocenters. The zero-order chi connectivity index (χ0) is 24.2. The van der Waals surface area contributed by atoms with Crippen LogP contribution in [0.15, 0.2) is 0 Å². The van der Waals surface area contributed by atoms with Gasteiger partial charge in [0.25, 0.3) is 0 Å². The molecule has 0 rings (SSSR count). The highest BCUT2D eigenvalue weighted by atomic mass is 16.5. The molecular weight excluding hydrogens is 412 g/mol. The summed E-state index contributed by atoms with van der Waals surface area (Å²) in [4.78, 5) is 23.5. The van der Waals surface area contributed by atoms with E-state index >= 15 is 0 Å². The van der Waals surface area contributed by atoms with E-state index in [2.05, 4.69) is 13.8 Å². The van der Waals surface area contributed by atoms with Gasteiger partial charge >= 0.3 is 11.9 Å². The second-order valence-corrected chi connectivity index (χ2v) is 9.66. The summed E-state index contributed by atoms with van der Waals surface area (Å²) >= 11 is 0. The van der Waals surface area contributed by atoms with E-state index in [0.29, 0.717) is 26.1 Å². The van der Waals surface area contributed by atoms with Crippen LogP contribution in [0.4, 0.5) is 0 Å². The Bertz CT molecular complexity index is 422. The minimum atomic E-state index is -0.0990. The number of hydrogen-bond donors (Lipinski definition) is 0. The van der Waals surface area contributed by atoms with Crippen LogP contribution in [0, 0.1) is 0 Å². The summed E-state index contributed by atoms with van der Waals surface area (Å²) in [6.07, 6.45) is 26.3. The summed E-state index contributed by atoms with van der Waals surface area (Å²) in [6.45, 7) is 5.59. The molecule has 4 heteroatoms. The van der Waals surface area contributed by atoms with Crippen LogP contribution in [0.2, 0.25) is 0 Å². The molecule has 0 N–H and O–H groups in total. The Morgan fingerprint density at radius 2 is 0.667 bits per heavy atom. The van der Waals surface area contributed by atoms with Crippen molar-refractivity contribution in [3.8, 4) is 0 Å². The van der Waals surface area contributed by atoms with E-state index in [1.54, 1.807) is 0 Å². The van der Waals surface area contributed by atoms with Crippen LogP contribution in [-0.4, -0.2) is 25.2 Å². The van der Waals surface area contributed by atoms with Crippen LogP contribution < -0.4 is 0 Å². The topological polar surface area (TPSA) is 52.6 Å². The van der Waals surface area contributed by atoms with Gasteiger partial charge in [-0.25, -0.2) is 0 Å². The summed E-state index contributed by atoms with van der Waals surface area (Å²) in [5.41, 5.74) is 0. The molecule has 0 bridgehead atoms. The molecule has 0 radical (unpaired) electrons. The van der Waals surface area contributed by atoms with Crippen molar-refractivity contribution in [2.75, 3.05) is 13.2 Å². The molecule has 4 nitrogen and oxygen atoms in total. The molecule has 196 valence electrons. The first-order valence-corrected chi connectivity index (χ1v) is 14.5. The van der Waals surface area contributed by atoms with Gasteiger partial charge in [0.15, 0.2) is 0 Å². The van der Waals surface area contributed by atoms with E-state index in [1.165, 1.54) is 89.9 Å². The summed E-state index contributed by atoms with van der Waals surface area (Å²) in [6, 6.07) is 0. The van der Waals surface area contributed by atoms with Crippen molar-refractivity contribution in [1.29, 1.82) is 0 Å². The highest BCUT2D eigenvalue weighted by Gasteiger charge is 2.05. The quantitative estimate of drug-likeness (QED) is 0.0938. The Hall–Kier alpha value is -1.06. The molecular formula is C29H56O4. The predicted octanol–water partition coefficient (Wildman–Crippen LogP) is 9.08. The van der Waals surface area contributed by atoms with Crippen molar-refractivity contribution in [2.45, 2.75) is 162 Å². The molecule has 0 aliphatic heterocycles. The van der Waals surface area contributed by atoms with E-state index < -0.39 is 0 Å². The van der Waals surface area contributed by atoms with E-state index in [4.69, 9.17) is 9.47 Å². The second-order valence-electron chi connectivity index (χ2n) is 9.66. The zero-order valence-corrected chi connectivity index (χ0v) is 22.3. The maximum absolute atomic E-state index is 11.8. The number of rotatable bonds is 26. The fourth-order valence-corrected chi connectivity index (χ4v) is 4.06. The molecule has 0 aliphatic rings. The lowest BCUT2D eigenvalue weighted by molar-refractivity contribution is -0.144. The Balaban J connectivity index is 3.26. The van der Waals surface area contributed by atoms with Gasteiger partial charge in [0, 0.05) is 12.8 Å². The maximum atomic E-state index is 11.8. The summed E-state index contributed by atoms with van der Waals surface area (Å²) in [5, 5.41) is 0. The van der Waals surface area contributed by atoms with Gasteiger partial charge in [-0.05, 0) is 25.7 Å². The molecule has 0 atom stereocenters. The summed E-state index contributed by atoms with van der Waals surface area (Å²) in [7, 11) is 0. The lowest BCUT2D eigenvalue weighted by Crippen LogP contribution is -2.07. The van der Waals surface area contributed by atoms with Crippen molar-refractivity contribution in [1.82, 2.24) is 0 Å². The van der Waals surface area contributed by atoms with Crippen molar-refractivity contribution < 1.29 is 19.1 Å². The first-order chi connectivity index (χ1) is 16.2. The lowest BCUT2D eigenvalue weighted by Gasteiger charge is -2.06. The third-order valence-electron chi connectivity index (χ3n) is 6.28. The Kier molecular flexibility index (Phi) is 26.3. The molecule has 0 fully saturated rings. The number of esters is 2. The van der Waals surface area contributed by atoms with Gasteiger partial charge in [0.2, 0.25) is 0 Å². The fraction of sp³-hybridized carbons (Fsp3) is 0.931. The average Bonchev–Trinajstić information content (AvgIpc) is 2.81. The summed E-state index contributed by atoms with van der Waals surface area (Å²) < 4.78 is 10.6. The Labute approximate surface area is 206 Å². The number of carbonyl (C=O) groups excluding carboxylic acids is 2. The average molecular weight is 469 g/mol. The highest BCUT2D eigenvalue weighted by Crippen LogP contribution is 2.12. The first kappa shape index (κ1) is 31.9. The number of carbonyl (C=O) groups is 2. The van der Waals surface area contributed by atoms with Gasteiger partial charge in [0.05, 0.1) is 13.2 Å². The van der Waals surface area contributed by atoms with Crippen molar-refractivity contribution in [3.05, 3.63) is 0 Å². The van der Waals surface area contributed by atoms with Crippen LogP contribution in [-0.2, 0) is 19.1 Å². The summed E-state index contributed by atoms with van der Waals surface area (Å²) in [5.74, 6) is -0.193. The van der Waals surface area contributed by atoms with Crippen LogP contribution in [0.3, 0.4) is 0 Å². The first-order valence-electron chi connectivity index (χ1n) is 14.5. The molecule has 0 saturated heterocycles. The highest BCUT2D eigenvalue weighted by molar-refractivity contribution is 5.69. The normalized spacial score (nSPS) is 11.0. The monoisotopic (exact) mass is 468 g/mol. The Morgan fingerprint density at radius 1 is 0.394 bits per heavy atom. The van der Waals surface area contributed by atoms with Gasteiger partial charge in [-0.1, -0.05) is 123 Å². The Morgan fingerprint density at radius 3 is 1.00 bits per heavy atom. The third kappa shape index (κ3) is 27.1. The van der Waals surface area contributed by atoms with E-state index in [-0.39, 0.29) is 11.9 Å². The van der Waals surface area contributed by atoms with Gasteiger partial charge in [-0.3, -0.25) is 9.59 Å². The zero-order valence-electron chi connectivity index (χ0n) is 22.3. The molecule has 0 aromatic rings. The van der Waals surface area contributed by atoms with Crippen LogP contribution >= 0.6 is 0 Å². The van der Waals surface area contributed by atoms with Crippen LogP contribution in [0.5, 0.6) is 0 Å². The van der Waals surface area contributed by atoms with E-state index in [0.717, 1.165) is 44.9 Å². The number of hydrogen-bond acceptors (Lipinski definition) is 4. The molecule has 0 amide bonds. The predicted molar refractivity (Wildman–Crippen MR) is 139 cm³/mol. The van der Waals surface area contributed by atoms with E-state index in [9.17, 15) is 9.59 Å². The third-order valence-corrected chi connectivity index (χ3v) is 6.28. The van der Waals surface area contributed by atoms with Crippen molar-refractivity contribution in [2.24, 2.45) is 0 Å². The number of unbranched alkanes of at least 4 members (excludes halogenated alkanes) is 18. The molecule has 0 aromatic heterocycles. The molecule has 0 aromatic carbocycles. The number of ether oxygens (including phenoxy) is 2. The second kappa shape index (κ2) is 27.2. The van der Waals surface area contributed by atoms with Crippen molar-refractivity contribution in [3.63, 3.8) is 0 Å². The largest absolute Gasteiger partial charge is 0.466 e. The molecule has 0 heterocycles. The minimum absolute atomic E-state index is 0.0938. The SMILES string of the molecule is CCCCCCCCCCCCCCOC(=O)CCCCCC(=O)OCCCCCCCC. The van der Waals surface area contributed by atoms with Gasteiger partial charge in [0.1, 0.15) is 0 Å². The smallest absolute Gasteiger partial charge is 0.305 e. The maximum Gasteiger partial charge on any atom is 0.305 e. The molecule has 0 aliphatic carbocycles. The van der Waals surface area contributed by atoms with Crippen LogP contribution in [0.1, 0.15) is 162 Å². The minimum Gasteiger partial charge on any atom is -0.466 e. The molecule has 0 saturated carbocycles. The lowest BCUT2D eigenvalue weighted by atomic mass is 10.1. The van der Waals surface area contributed by atoms with Crippen LogP contribution in [0.25, 0.3) is 0 Å². The van der Waals surface area contributed by atoms with E-state index in [1.807, 2.05) is 0 Å². The van der Waals surface area contributed by atoms with Gasteiger partial charge in [-0.15, -0.1) is 0 Å². The molecule has 0 spiro atoms. The van der Waals surface area contributed by atoms with Crippen molar-refractivity contribution >= 4 is 11.9 Å². The van der Waals surface area contributed by atoms with Gasteiger partial charge < -0.3 is 9.47 Å².